The van der Waals surface area contributed by atoms with Crippen molar-refractivity contribution in [1.29, 1.82) is 0 Å². The first-order valence-corrected chi connectivity index (χ1v) is 8.40. The monoisotopic (exact) mass is 361 g/mol. The Morgan fingerprint density at radius 3 is 2.41 bits per heavy atom. The van der Waals surface area contributed by atoms with Crippen LogP contribution in [0.3, 0.4) is 0 Å². The van der Waals surface area contributed by atoms with Crippen molar-refractivity contribution >= 4 is 17.5 Å². The van der Waals surface area contributed by atoms with E-state index in [4.69, 9.17) is 4.74 Å². The highest BCUT2D eigenvalue weighted by atomic mass is 16.5. The van der Waals surface area contributed by atoms with E-state index in [9.17, 15) is 9.59 Å². The van der Waals surface area contributed by atoms with Crippen molar-refractivity contribution in [1.82, 2.24) is 10.3 Å². The maximum atomic E-state index is 12.5. The number of amides is 2. The molecule has 6 heteroatoms. The first-order chi connectivity index (χ1) is 13.2. The van der Waals surface area contributed by atoms with Crippen molar-refractivity contribution in [3.63, 3.8) is 0 Å². The molecule has 0 aliphatic rings. The molecule has 2 amide bonds. The summed E-state index contributed by atoms with van der Waals surface area (Å²) >= 11 is 0. The van der Waals surface area contributed by atoms with Crippen LogP contribution in [0.4, 0.5) is 5.69 Å². The number of hydrogen-bond acceptors (Lipinski definition) is 4. The maximum Gasteiger partial charge on any atom is 0.255 e. The number of methoxy groups -OCH3 is 1. The third-order valence-corrected chi connectivity index (χ3v) is 3.90. The van der Waals surface area contributed by atoms with E-state index < -0.39 is 0 Å². The maximum absolute atomic E-state index is 12.5. The minimum atomic E-state index is -0.320. The number of ether oxygens (including phenoxy) is 1. The zero-order valence-corrected chi connectivity index (χ0v) is 14.8. The minimum absolute atomic E-state index is 0.271. The number of aromatic nitrogens is 1. The molecule has 6 nitrogen and oxygen atoms in total. The second-order valence-corrected chi connectivity index (χ2v) is 5.74. The van der Waals surface area contributed by atoms with Gasteiger partial charge in [0.25, 0.3) is 11.8 Å². The number of carbonyl (C=O) groups is 2. The third kappa shape index (κ3) is 4.70. The predicted octanol–water partition coefficient (Wildman–Crippen LogP) is 3.27. The van der Waals surface area contributed by atoms with E-state index in [1.165, 1.54) is 7.11 Å². The molecule has 136 valence electrons. The van der Waals surface area contributed by atoms with Gasteiger partial charge in [-0.2, -0.15) is 0 Å². The van der Waals surface area contributed by atoms with Crippen molar-refractivity contribution in [3.8, 4) is 5.75 Å². The van der Waals surface area contributed by atoms with Crippen molar-refractivity contribution < 1.29 is 14.3 Å². The number of anilines is 1. The van der Waals surface area contributed by atoms with Gasteiger partial charge in [0, 0.05) is 17.3 Å². The van der Waals surface area contributed by atoms with Gasteiger partial charge in [-0.1, -0.05) is 24.3 Å². The summed E-state index contributed by atoms with van der Waals surface area (Å²) in [5, 5.41) is 5.59. The molecular weight excluding hydrogens is 342 g/mol. The second kappa shape index (κ2) is 8.62. The van der Waals surface area contributed by atoms with Crippen LogP contribution in [0.1, 0.15) is 26.4 Å². The summed E-state index contributed by atoms with van der Waals surface area (Å²) in [4.78, 5) is 29.1. The molecule has 0 aliphatic carbocycles. The van der Waals surface area contributed by atoms with Gasteiger partial charge in [-0.15, -0.1) is 0 Å². The molecule has 3 rings (SSSR count). The van der Waals surface area contributed by atoms with Crippen molar-refractivity contribution in [2.45, 2.75) is 6.54 Å². The Labute approximate surface area is 157 Å². The lowest BCUT2D eigenvalue weighted by atomic mass is 10.1. The first kappa shape index (κ1) is 18.1. The van der Waals surface area contributed by atoms with E-state index in [0.717, 1.165) is 5.69 Å². The Morgan fingerprint density at radius 2 is 1.67 bits per heavy atom. The molecular formula is C21H19N3O3. The Bertz CT molecular complexity index is 942. The average Bonchev–Trinajstić information content (AvgIpc) is 2.73. The number of rotatable bonds is 6. The molecule has 1 aromatic heterocycles. The van der Waals surface area contributed by atoms with Crippen LogP contribution in [-0.4, -0.2) is 23.9 Å². The second-order valence-electron chi connectivity index (χ2n) is 5.74. The highest BCUT2D eigenvalue weighted by molar-refractivity contribution is 6.06. The van der Waals surface area contributed by atoms with Crippen LogP contribution in [0.15, 0.2) is 72.9 Å². The Balaban J connectivity index is 1.69. The molecule has 2 aromatic carbocycles. The largest absolute Gasteiger partial charge is 0.495 e. The topological polar surface area (TPSA) is 80.3 Å². The zero-order chi connectivity index (χ0) is 19.1. The van der Waals surface area contributed by atoms with E-state index in [1.807, 2.05) is 24.3 Å². The molecule has 0 unspecified atom stereocenters. The Hall–Kier alpha value is -3.67. The Kier molecular flexibility index (Phi) is 5.79. The quantitative estimate of drug-likeness (QED) is 0.706. The fourth-order valence-corrected chi connectivity index (χ4v) is 2.52. The van der Waals surface area contributed by atoms with E-state index in [-0.39, 0.29) is 11.8 Å². The number of nitrogens with zero attached hydrogens (tertiary/aromatic N) is 1. The van der Waals surface area contributed by atoms with Gasteiger partial charge in [-0.25, -0.2) is 0 Å². The van der Waals surface area contributed by atoms with Gasteiger partial charge in [0.1, 0.15) is 5.75 Å². The summed E-state index contributed by atoms with van der Waals surface area (Å²) in [6, 6.07) is 19.2. The fourth-order valence-electron chi connectivity index (χ4n) is 2.52. The predicted molar refractivity (Wildman–Crippen MR) is 103 cm³/mol. The number of benzene rings is 2. The molecule has 0 radical (unpaired) electrons. The lowest BCUT2D eigenvalue weighted by molar-refractivity contribution is 0.0950. The van der Waals surface area contributed by atoms with Crippen LogP contribution in [0.25, 0.3) is 0 Å². The van der Waals surface area contributed by atoms with Gasteiger partial charge in [-0.05, 0) is 42.5 Å². The van der Waals surface area contributed by atoms with Crippen LogP contribution in [-0.2, 0) is 6.54 Å². The molecule has 0 atom stereocenters. The van der Waals surface area contributed by atoms with Gasteiger partial charge in [-0.3, -0.25) is 14.6 Å². The van der Waals surface area contributed by atoms with Crippen molar-refractivity contribution in [2.75, 3.05) is 12.4 Å². The number of pyridine rings is 1. The summed E-state index contributed by atoms with van der Waals surface area (Å²) in [5.41, 5.74) is 2.11. The number of para-hydroxylation sites is 2. The van der Waals surface area contributed by atoms with E-state index in [0.29, 0.717) is 29.1 Å². The van der Waals surface area contributed by atoms with Gasteiger partial charge in [0.15, 0.2) is 0 Å². The van der Waals surface area contributed by atoms with Crippen LogP contribution < -0.4 is 15.4 Å². The van der Waals surface area contributed by atoms with Crippen LogP contribution in [0, 0.1) is 0 Å². The van der Waals surface area contributed by atoms with E-state index in [2.05, 4.69) is 15.6 Å². The Morgan fingerprint density at radius 1 is 0.926 bits per heavy atom. The number of hydrogen-bond donors (Lipinski definition) is 2. The number of carbonyl (C=O) groups excluding carboxylic acids is 2. The molecule has 0 aliphatic heterocycles. The minimum Gasteiger partial charge on any atom is -0.495 e. The highest BCUT2D eigenvalue weighted by Gasteiger charge is 2.12. The van der Waals surface area contributed by atoms with Gasteiger partial charge >= 0.3 is 0 Å². The third-order valence-electron chi connectivity index (χ3n) is 3.90. The SMILES string of the molecule is COc1ccccc1NC(=O)c1cccc(C(=O)NCc2ccccn2)c1. The van der Waals surface area contributed by atoms with Gasteiger partial charge in [0.05, 0.1) is 25.0 Å². The summed E-state index contributed by atoms with van der Waals surface area (Å²) in [7, 11) is 1.54. The smallest absolute Gasteiger partial charge is 0.255 e. The van der Waals surface area contributed by atoms with E-state index >= 15 is 0 Å². The van der Waals surface area contributed by atoms with Crippen LogP contribution >= 0.6 is 0 Å². The molecule has 27 heavy (non-hydrogen) atoms. The molecule has 0 spiro atoms. The number of nitrogens with one attached hydrogen (secondary N) is 2. The molecule has 0 fully saturated rings. The molecule has 0 saturated heterocycles. The fraction of sp³-hybridized carbons (Fsp3) is 0.0952. The zero-order valence-electron chi connectivity index (χ0n) is 14.8. The van der Waals surface area contributed by atoms with Crippen molar-refractivity contribution in [2.24, 2.45) is 0 Å². The van der Waals surface area contributed by atoms with Crippen LogP contribution in [0.2, 0.25) is 0 Å². The lowest BCUT2D eigenvalue weighted by Gasteiger charge is -2.10. The standard InChI is InChI=1S/C21H19N3O3/c1-27-19-11-3-2-10-18(19)24-21(26)16-8-6-7-15(13-16)20(25)23-14-17-9-4-5-12-22-17/h2-13H,14H2,1H3,(H,23,25)(H,24,26). The molecule has 1 heterocycles. The molecule has 0 saturated carbocycles. The molecule has 3 aromatic rings. The first-order valence-electron chi connectivity index (χ1n) is 8.40. The van der Waals surface area contributed by atoms with Crippen molar-refractivity contribution in [3.05, 3.63) is 89.7 Å². The molecule has 0 bridgehead atoms. The average molecular weight is 361 g/mol. The van der Waals surface area contributed by atoms with E-state index in [1.54, 1.807) is 48.7 Å². The van der Waals surface area contributed by atoms with Gasteiger partial charge in [0.2, 0.25) is 0 Å². The normalized spacial score (nSPS) is 10.1. The van der Waals surface area contributed by atoms with Gasteiger partial charge < -0.3 is 15.4 Å². The lowest BCUT2D eigenvalue weighted by Crippen LogP contribution is -2.23. The summed E-state index contributed by atoms with van der Waals surface area (Å²) in [5.74, 6) is -0.0263. The highest BCUT2D eigenvalue weighted by Crippen LogP contribution is 2.23. The summed E-state index contributed by atoms with van der Waals surface area (Å²) in [6.45, 7) is 0.317. The van der Waals surface area contributed by atoms with Crippen LogP contribution in [0.5, 0.6) is 5.75 Å². The summed E-state index contributed by atoms with van der Waals surface area (Å²) in [6.07, 6.45) is 1.67. The molecule has 2 N–H and O–H groups in total. The summed E-state index contributed by atoms with van der Waals surface area (Å²) < 4.78 is 5.23.